The van der Waals surface area contributed by atoms with Gasteiger partial charge in [-0.15, -0.1) is 0 Å². The number of carbonyl (C=O) groups excluding carboxylic acids is 1. The number of piperidine rings is 1. The number of carbonyl (C=O) groups is 1. The molecule has 1 saturated heterocycles. The molecular weight excluding hydrogens is 324 g/mol. The van der Waals surface area contributed by atoms with Crippen molar-refractivity contribution >= 4 is 27.5 Å². The maximum absolute atomic E-state index is 12.5. The fraction of sp³-hybridized carbons (Fsp3) is 0.500. The highest BCUT2D eigenvalue weighted by Crippen LogP contribution is 2.26. The minimum absolute atomic E-state index is 0.00946. The molecule has 3 N–H and O–H groups in total. The highest BCUT2D eigenvalue weighted by molar-refractivity contribution is 9.10. The molecule has 5 nitrogen and oxygen atoms in total. The van der Waals surface area contributed by atoms with Crippen LogP contribution in [0, 0.1) is 0 Å². The van der Waals surface area contributed by atoms with E-state index in [1.54, 1.807) is 18.2 Å². The molecule has 1 amide bonds. The van der Waals surface area contributed by atoms with Crippen LogP contribution in [0.15, 0.2) is 22.7 Å². The summed E-state index contributed by atoms with van der Waals surface area (Å²) in [5.41, 5.74) is 6.97. The molecule has 2 rings (SSSR count). The topological polar surface area (TPSA) is 75.8 Å². The number of hydrogen-bond acceptors (Lipinski definition) is 4. The summed E-state index contributed by atoms with van der Waals surface area (Å²) >= 11 is 3.37. The molecule has 1 aliphatic rings. The van der Waals surface area contributed by atoms with Crippen LogP contribution in [0.3, 0.4) is 0 Å². The summed E-state index contributed by atoms with van der Waals surface area (Å²) in [4.78, 5) is 14.3. The van der Waals surface area contributed by atoms with Crippen LogP contribution in [0.5, 0.6) is 0 Å². The predicted octanol–water partition coefficient (Wildman–Crippen LogP) is 1.64. The molecule has 1 aliphatic heterocycles. The smallest absolute Gasteiger partial charge is 0.255 e. The van der Waals surface area contributed by atoms with Crippen LogP contribution >= 0.6 is 15.9 Å². The number of halogens is 1. The number of nitrogen functional groups attached to an aromatic ring is 1. The van der Waals surface area contributed by atoms with Gasteiger partial charge < -0.3 is 20.5 Å². The van der Waals surface area contributed by atoms with Crippen molar-refractivity contribution in [1.29, 1.82) is 0 Å². The van der Waals surface area contributed by atoms with Gasteiger partial charge in [0.1, 0.15) is 0 Å². The predicted molar refractivity (Wildman–Crippen MR) is 80.5 cm³/mol. The second-order valence-electron chi connectivity index (χ2n) is 4.79. The minimum Gasteiger partial charge on any atom is -0.398 e. The largest absolute Gasteiger partial charge is 0.398 e. The molecule has 0 saturated carbocycles. The number of hydrogen-bond donors (Lipinski definition) is 2. The lowest BCUT2D eigenvalue weighted by molar-refractivity contribution is -0.00555. The van der Waals surface area contributed by atoms with Crippen molar-refractivity contribution in [2.75, 3.05) is 32.0 Å². The van der Waals surface area contributed by atoms with Gasteiger partial charge in [-0.1, -0.05) is 6.07 Å². The van der Waals surface area contributed by atoms with E-state index < -0.39 is 0 Å². The molecule has 1 aromatic carbocycles. The standard InChI is InChI=1S/C14H19BrN2O3/c15-13-11(2-1-3-12(13)16)14(19)17-6-4-10(5-7-17)20-9-8-18/h1-3,10,18H,4-9,16H2. The number of nitrogens with two attached hydrogens (primary N) is 1. The molecule has 6 heteroatoms. The van der Waals surface area contributed by atoms with Gasteiger partial charge in [0.25, 0.3) is 5.91 Å². The van der Waals surface area contributed by atoms with Crippen LogP contribution in [0.25, 0.3) is 0 Å². The summed E-state index contributed by atoms with van der Waals surface area (Å²) in [6.45, 7) is 1.72. The Bertz CT molecular complexity index is 473. The summed E-state index contributed by atoms with van der Waals surface area (Å²) in [6.07, 6.45) is 1.73. The van der Waals surface area contributed by atoms with Crippen molar-refractivity contribution in [3.8, 4) is 0 Å². The number of benzene rings is 1. The lowest BCUT2D eigenvalue weighted by Crippen LogP contribution is -2.41. The number of ether oxygens (including phenoxy) is 1. The summed E-state index contributed by atoms with van der Waals surface area (Å²) in [5, 5.41) is 8.74. The van der Waals surface area contributed by atoms with Gasteiger partial charge in [-0.05, 0) is 40.9 Å². The second kappa shape index (κ2) is 7.06. The van der Waals surface area contributed by atoms with E-state index >= 15 is 0 Å². The van der Waals surface area contributed by atoms with Gasteiger partial charge >= 0.3 is 0 Å². The van der Waals surface area contributed by atoms with Gasteiger partial charge in [-0.3, -0.25) is 4.79 Å². The molecule has 20 heavy (non-hydrogen) atoms. The fourth-order valence-corrected chi connectivity index (χ4v) is 2.76. The summed E-state index contributed by atoms with van der Waals surface area (Å²) < 4.78 is 6.15. The van der Waals surface area contributed by atoms with E-state index in [1.165, 1.54) is 0 Å². The zero-order valence-corrected chi connectivity index (χ0v) is 12.8. The van der Waals surface area contributed by atoms with E-state index in [9.17, 15) is 4.79 Å². The molecule has 0 bridgehead atoms. The van der Waals surface area contributed by atoms with Gasteiger partial charge in [-0.2, -0.15) is 0 Å². The van der Waals surface area contributed by atoms with Crippen molar-refractivity contribution in [2.45, 2.75) is 18.9 Å². The second-order valence-corrected chi connectivity index (χ2v) is 5.59. The van der Waals surface area contributed by atoms with Gasteiger partial charge in [0.2, 0.25) is 0 Å². The van der Waals surface area contributed by atoms with Crippen LogP contribution in [0.4, 0.5) is 5.69 Å². The van der Waals surface area contributed by atoms with E-state index in [-0.39, 0.29) is 18.6 Å². The highest BCUT2D eigenvalue weighted by Gasteiger charge is 2.25. The van der Waals surface area contributed by atoms with Crippen molar-refractivity contribution in [2.24, 2.45) is 0 Å². The van der Waals surface area contributed by atoms with Crippen LogP contribution < -0.4 is 5.73 Å². The average Bonchev–Trinajstić information content (AvgIpc) is 2.48. The van der Waals surface area contributed by atoms with Crippen LogP contribution in [-0.2, 0) is 4.74 Å². The quantitative estimate of drug-likeness (QED) is 0.815. The Morgan fingerprint density at radius 1 is 1.45 bits per heavy atom. The molecule has 0 radical (unpaired) electrons. The first-order valence-corrected chi connectivity index (χ1v) is 7.48. The average molecular weight is 343 g/mol. The van der Waals surface area contributed by atoms with Gasteiger partial charge in [-0.25, -0.2) is 0 Å². The van der Waals surface area contributed by atoms with Crippen molar-refractivity contribution in [1.82, 2.24) is 4.90 Å². The monoisotopic (exact) mass is 342 g/mol. The Morgan fingerprint density at radius 3 is 2.80 bits per heavy atom. The molecule has 0 aliphatic carbocycles. The van der Waals surface area contributed by atoms with Crippen molar-refractivity contribution < 1.29 is 14.6 Å². The third-order valence-corrected chi connectivity index (χ3v) is 4.32. The number of rotatable bonds is 4. The van der Waals surface area contributed by atoms with E-state index in [4.69, 9.17) is 15.6 Å². The van der Waals surface area contributed by atoms with Crippen LogP contribution in [0.1, 0.15) is 23.2 Å². The third-order valence-electron chi connectivity index (χ3n) is 3.43. The van der Waals surface area contributed by atoms with Crippen LogP contribution in [-0.4, -0.2) is 48.3 Å². The Kier molecular flexibility index (Phi) is 5.39. The first kappa shape index (κ1) is 15.3. The number of nitrogens with zero attached hydrogens (tertiary/aromatic N) is 1. The first-order valence-electron chi connectivity index (χ1n) is 6.69. The lowest BCUT2D eigenvalue weighted by Gasteiger charge is -2.32. The molecule has 1 heterocycles. The first-order chi connectivity index (χ1) is 9.63. The normalized spacial score (nSPS) is 16.4. The number of anilines is 1. The molecule has 0 unspecified atom stereocenters. The Hall–Kier alpha value is -1.11. The zero-order valence-electron chi connectivity index (χ0n) is 11.2. The Morgan fingerprint density at radius 2 is 2.15 bits per heavy atom. The van der Waals surface area contributed by atoms with E-state index in [2.05, 4.69) is 15.9 Å². The SMILES string of the molecule is Nc1cccc(C(=O)N2CCC(OCCO)CC2)c1Br. The van der Waals surface area contributed by atoms with Crippen molar-refractivity contribution in [3.05, 3.63) is 28.2 Å². The van der Waals surface area contributed by atoms with Gasteiger partial charge in [0.05, 0.1) is 29.4 Å². The summed E-state index contributed by atoms with van der Waals surface area (Å²) in [7, 11) is 0. The van der Waals surface area contributed by atoms with E-state index in [0.29, 0.717) is 35.4 Å². The maximum atomic E-state index is 12.5. The van der Waals surface area contributed by atoms with Gasteiger partial charge in [0.15, 0.2) is 0 Å². The Labute approximate surface area is 126 Å². The highest BCUT2D eigenvalue weighted by atomic mass is 79.9. The van der Waals surface area contributed by atoms with Gasteiger partial charge in [0, 0.05) is 18.8 Å². The van der Waals surface area contributed by atoms with Crippen molar-refractivity contribution in [3.63, 3.8) is 0 Å². The fourth-order valence-electron chi connectivity index (χ4n) is 2.33. The number of likely N-dealkylation sites (tertiary alicyclic amines) is 1. The molecule has 1 aromatic rings. The van der Waals surface area contributed by atoms with E-state index in [1.807, 2.05) is 4.90 Å². The molecular formula is C14H19BrN2O3. The lowest BCUT2D eigenvalue weighted by atomic mass is 10.1. The summed E-state index contributed by atoms with van der Waals surface area (Å²) in [5.74, 6) is -0.00946. The van der Waals surface area contributed by atoms with Crippen LogP contribution in [0.2, 0.25) is 0 Å². The molecule has 0 aromatic heterocycles. The number of aliphatic hydroxyl groups is 1. The molecule has 1 fully saturated rings. The van der Waals surface area contributed by atoms with E-state index in [0.717, 1.165) is 12.8 Å². The molecule has 0 spiro atoms. The zero-order chi connectivity index (χ0) is 14.5. The number of amides is 1. The third kappa shape index (κ3) is 3.50. The molecule has 110 valence electrons. The minimum atomic E-state index is -0.00946. The molecule has 0 atom stereocenters. The summed E-state index contributed by atoms with van der Waals surface area (Å²) in [6, 6.07) is 5.32. The maximum Gasteiger partial charge on any atom is 0.255 e. The Balaban J connectivity index is 1.96. The number of aliphatic hydroxyl groups excluding tert-OH is 1.